The maximum Gasteiger partial charge on any atom is 0.107 e. The molecule has 154 valence electrons. The van der Waals surface area contributed by atoms with Crippen LogP contribution in [-0.4, -0.2) is 8.80 Å². The molecule has 1 unspecified atom stereocenters. The lowest BCUT2D eigenvalue weighted by Gasteiger charge is -2.36. The molecule has 0 heterocycles. The normalized spacial score (nSPS) is 15.8. The maximum atomic E-state index is 2.43. The van der Waals surface area contributed by atoms with Crippen LogP contribution in [0.25, 0.3) is 11.1 Å². The molecule has 0 radical (unpaired) electrons. The van der Waals surface area contributed by atoms with Gasteiger partial charge in [0.1, 0.15) is 8.80 Å². The van der Waals surface area contributed by atoms with Crippen LogP contribution >= 0.6 is 0 Å². The number of fused-ring (bicyclic) bond motifs is 3. The van der Waals surface area contributed by atoms with Crippen molar-refractivity contribution in [3.8, 4) is 11.1 Å². The number of hydrogen-bond acceptors (Lipinski definition) is 0. The van der Waals surface area contributed by atoms with Crippen molar-refractivity contribution < 1.29 is 0 Å². The Kier molecular flexibility index (Phi) is 4.97. The monoisotopic (exact) mass is 426 g/mol. The van der Waals surface area contributed by atoms with Gasteiger partial charge in [-0.05, 0) is 33.7 Å². The summed E-state index contributed by atoms with van der Waals surface area (Å²) >= 11 is 0. The van der Waals surface area contributed by atoms with Crippen molar-refractivity contribution in [2.45, 2.75) is 11.5 Å². The van der Waals surface area contributed by atoms with E-state index >= 15 is 0 Å². The van der Waals surface area contributed by atoms with E-state index in [1.54, 1.807) is 0 Å². The average molecular weight is 427 g/mol. The van der Waals surface area contributed by atoms with E-state index in [4.69, 9.17) is 0 Å². The van der Waals surface area contributed by atoms with Gasteiger partial charge in [-0.15, -0.1) is 0 Å². The maximum absolute atomic E-state index is 2.43. The van der Waals surface area contributed by atoms with Crippen LogP contribution in [0.2, 0.25) is 5.54 Å². The third kappa shape index (κ3) is 3.21. The molecule has 0 amide bonds. The molecular formula is C31H26Si. The lowest BCUT2D eigenvalue weighted by atomic mass is 9.87. The third-order valence-corrected chi connectivity index (χ3v) is 11.0. The summed E-state index contributed by atoms with van der Waals surface area (Å²) in [7, 11) is -1.59. The highest BCUT2D eigenvalue weighted by Gasteiger charge is 2.42. The number of allylic oxidation sites excluding steroid dienone is 4. The molecular weight excluding hydrogens is 400 g/mol. The summed E-state index contributed by atoms with van der Waals surface area (Å²) in [6, 6.07) is 40.8. The Hall–Kier alpha value is -3.42. The van der Waals surface area contributed by atoms with Gasteiger partial charge < -0.3 is 0 Å². The van der Waals surface area contributed by atoms with Gasteiger partial charge in [0.2, 0.25) is 0 Å². The van der Waals surface area contributed by atoms with E-state index in [-0.39, 0.29) is 0 Å². The van der Waals surface area contributed by atoms with Crippen LogP contribution in [0.4, 0.5) is 0 Å². The van der Waals surface area contributed by atoms with Crippen molar-refractivity contribution in [3.05, 3.63) is 145 Å². The van der Waals surface area contributed by atoms with Crippen LogP contribution in [-0.2, 0) is 0 Å². The molecule has 6 rings (SSSR count). The van der Waals surface area contributed by atoms with Gasteiger partial charge in [0, 0.05) is 5.92 Å². The highest BCUT2D eigenvalue weighted by molar-refractivity contribution is 6.86. The van der Waals surface area contributed by atoms with Crippen molar-refractivity contribution in [3.63, 3.8) is 0 Å². The number of hydrogen-bond donors (Lipinski definition) is 0. The minimum absolute atomic E-state index is 0.400. The van der Waals surface area contributed by atoms with Crippen molar-refractivity contribution in [1.29, 1.82) is 0 Å². The van der Waals surface area contributed by atoms with Crippen LogP contribution in [0.5, 0.6) is 0 Å². The molecule has 1 atom stereocenters. The molecule has 2 aliphatic rings. The van der Waals surface area contributed by atoms with Crippen LogP contribution in [0, 0.1) is 5.92 Å². The molecule has 0 aliphatic heterocycles. The average Bonchev–Trinajstić information content (AvgIpc) is 3.51. The molecule has 1 heteroatoms. The quantitative estimate of drug-likeness (QED) is 0.346. The second kappa shape index (κ2) is 8.25. The van der Waals surface area contributed by atoms with Crippen molar-refractivity contribution in [2.75, 3.05) is 0 Å². The molecule has 0 fully saturated rings. The third-order valence-electron chi connectivity index (χ3n) is 7.19. The molecule has 32 heavy (non-hydrogen) atoms. The predicted octanol–water partition coefficient (Wildman–Crippen LogP) is 5.95. The van der Waals surface area contributed by atoms with Crippen molar-refractivity contribution in [2.24, 2.45) is 5.92 Å². The van der Waals surface area contributed by atoms with Crippen LogP contribution < -0.4 is 10.4 Å². The molecule has 0 bridgehead atoms. The molecule has 4 aromatic rings. The molecule has 2 aliphatic carbocycles. The second-order valence-corrected chi connectivity index (χ2v) is 11.9. The molecule has 4 aromatic carbocycles. The highest BCUT2D eigenvalue weighted by atomic mass is 28.3. The van der Waals surface area contributed by atoms with Gasteiger partial charge in [-0.25, -0.2) is 0 Å². The van der Waals surface area contributed by atoms with Gasteiger partial charge in [0.05, 0.1) is 0 Å². The lowest BCUT2D eigenvalue weighted by molar-refractivity contribution is 0.639. The molecule has 0 nitrogen and oxygen atoms in total. The summed E-state index contributed by atoms with van der Waals surface area (Å²) in [6.07, 6.45) is 9.35. The van der Waals surface area contributed by atoms with Gasteiger partial charge in [0.15, 0.2) is 0 Å². The smallest absolute Gasteiger partial charge is 0.0776 e. The molecule has 0 spiro atoms. The van der Waals surface area contributed by atoms with Crippen LogP contribution in [0.1, 0.15) is 17.0 Å². The summed E-state index contributed by atoms with van der Waals surface area (Å²) in [5, 5.41) is 3.05. The number of benzene rings is 4. The first kappa shape index (κ1) is 19.3. The lowest BCUT2D eigenvalue weighted by Crippen LogP contribution is -2.49. The van der Waals surface area contributed by atoms with Gasteiger partial charge in [-0.3, -0.25) is 0 Å². The SMILES string of the molecule is C1=CC(C(C2c3ccccc3-c3ccccc32)[SiH](c2ccccc2)c2ccccc2)C=C1. The fourth-order valence-corrected chi connectivity index (χ4v) is 9.96. The van der Waals surface area contributed by atoms with E-state index in [1.807, 2.05) is 0 Å². The van der Waals surface area contributed by atoms with Crippen molar-refractivity contribution >= 4 is 19.2 Å². The Morgan fingerprint density at radius 2 is 0.938 bits per heavy atom. The minimum atomic E-state index is -1.59. The first-order chi connectivity index (χ1) is 15.9. The Morgan fingerprint density at radius 3 is 1.44 bits per heavy atom. The molecule has 0 N–H and O–H groups in total. The van der Waals surface area contributed by atoms with Crippen LogP contribution in [0.3, 0.4) is 0 Å². The highest BCUT2D eigenvalue weighted by Crippen LogP contribution is 2.53. The molecule has 0 aromatic heterocycles. The van der Waals surface area contributed by atoms with Gasteiger partial charge in [-0.2, -0.15) is 0 Å². The summed E-state index contributed by atoms with van der Waals surface area (Å²) in [4.78, 5) is 0. The fourth-order valence-electron chi connectivity index (χ4n) is 5.91. The summed E-state index contributed by atoms with van der Waals surface area (Å²) in [5.74, 6) is 0.841. The van der Waals surface area contributed by atoms with Gasteiger partial charge in [-0.1, -0.05) is 144 Å². The first-order valence-electron chi connectivity index (χ1n) is 11.5. The van der Waals surface area contributed by atoms with Gasteiger partial charge >= 0.3 is 0 Å². The second-order valence-electron chi connectivity index (χ2n) is 8.88. The molecule has 0 saturated carbocycles. The Bertz CT molecular complexity index is 1190. The van der Waals surface area contributed by atoms with E-state index in [9.17, 15) is 0 Å². The van der Waals surface area contributed by atoms with Gasteiger partial charge in [0.25, 0.3) is 0 Å². The van der Waals surface area contributed by atoms with E-state index in [2.05, 4.69) is 133 Å². The first-order valence-corrected chi connectivity index (χ1v) is 13.4. The standard InChI is InChI=1S/C31H26Si/c1-3-15-24(16-4-1)32(25-17-5-2-6-18-25)31(23-13-7-8-14-23)30-28-21-11-9-19-26(28)27-20-10-12-22-29(27)30/h1-23,30-32H. The topological polar surface area (TPSA) is 0 Å². The zero-order chi connectivity index (χ0) is 21.3. The number of rotatable bonds is 5. The summed E-state index contributed by atoms with van der Waals surface area (Å²) in [5.41, 5.74) is 6.34. The van der Waals surface area contributed by atoms with E-state index < -0.39 is 8.80 Å². The van der Waals surface area contributed by atoms with Crippen LogP contribution in [0.15, 0.2) is 133 Å². The summed E-state index contributed by atoms with van der Waals surface area (Å²) in [6.45, 7) is 0. The Labute approximate surface area is 192 Å². The Balaban J connectivity index is 1.61. The Morgan fingerprint density at radius 1 is 0.500 bits per heavy atom. The fraction of sp³-hybridized carbons (Fsp3) is 0.0968. The summed E-state index contributed by atoms with van der Waals surface area (Å²) < 4.78 is 0. The zero-order valence-electron chi connectivity index (χ0n) is 18.0. The zero-order valence-corrected chi connectivity index (χ0v) is 19.2. The van der Waals surface area contributed by atoms with E-state index in [0.717, 1.165) is 0 Å². The molecule has 0 saturated heterocycles. The van der Waals surface area contributed by atoms with E-state index in [1.165, 1.54) is 32.6 Å². The van der Waals surface area contributed by atoms with Crippen molar-refractivity contribution in [1.82, 2.24) is 0 Å². The minimum Gasteiger partial charge on any atom is -0.0776 e. The van der Waals surface area contributed by atoms with E-state index in [0.29, 0.717) is 17.4 Å². The largest absolute Gasteiger partial charge is 0.107 e. The predicted molar refractivity (Wildman–Crippen MR) is 139 cm³/mol.